The van der Waals surface area contributed by atoms with Gasteiger partial charge in [0.2, 0.25) is 0 Å². The van der Waals surface area contributed by atoms with Crippen molar-refractivity contribution in [2.75, 3.05) is 23.4 Å². The molecule has 0 bridgehead atoms. The summed E-state index contributed by atoms with van der Waals surface area (Å²) in [5, 5.41) is 5.94. The molecule has 2 fully saturated rings. The summed E-state index contributed by atoms with van der Waals surface area (Å²) in [6, 6.07) is 7.96. The molecule has 1 saturated heterocycles. The van der Waals surface area contributed by atoms with Crippen LogP contribution in [-0.2, 0) is 9.84 Å². The van der Waals surface area contributed by atoms with Gasteiger partial charge in [0.15, 0.2) is 9.84 Å². The largest absolute Gasteiger partial charge is 0.352 e. The first kappa shape index (κ1) is 18.9. The lowest BCUT2D eigenvalue weighted by atomic mass is 10.0. The number of halogens is 1. The van der Waals surface area contributed by atoms with Gasteiger partial charge in [-0.15, -0.1) is 0 Å². The standard InChI is InChI=1S/C20H22FN3O3S/c21-15-2-1-3-16(8-15)24-19-9-17(14-4-5-14)18(11-22-19)20(25)23-10-13-6-7-28(26,27)12-13/h1-3,8-9,11,13-14H,4-7,10,12H2,(H,22,24)(H,23,25). The maximum Gasteiger partial charge on any atom is 0.253 e. The molecule has 1 atom stereocenters. The third-order valence-electron chi connectivity index (χ3n) is 5.17. The zero-order valence-electron chi connectivity index (χ0n) is 15.3. The molecular formula is C20H22FN3O3S. The average molecular weight is 403 g/mol. The normalized spacial score (nSPS) is 20.7. The number of rotatable bonds is 6. The number of nitrogens with zero attached hydrogens (tertiary/aromatic N) is 1. The van der Waals surface area contributed by atoms with Crippen LogP contribution in [0.4, 0.5) is 15.9 Å². The van der Waals surface area contributed by atoms with Crippen molar-refractivity contribution in [3.63, 3.8) is 0 Å². The molecule has 1 aliphatic heterocycles. The van der Waals surface area contributed by atoms with Crippen molar-refractivity contribution in [1.82, 2.24) is 10.3 Å². The number of sulfone groups is 1. The molecule has 1 aromatic heterocycles. The molecular weight excluding hydrogens is 381 g/mol. The number of aromatic nitrogens is 1. The molecule has 0 radical (unpaired) electrons. The first-order chi connectivity index (χ1) is 13.4. The Morgan fingerprint density at radius 2 is 2.04 bits per heavy atom. The van der Waals surface area contributed by atoms with Gasteiger partial charge in [-0.05, 0) is 60.9 Å². The summed E-state index contributed by atoms with van der Waals surface area (Å²) in [4.78, 5) is 17.0. The van der Waals surface area contributed by atoms with E-state index in [1.807, 2.05) is 6.07 Å². The smallest absolute Gasteiger partial charge is 0.253 e. The van der Waals surface area contributed by atoms with Gasteiger partial charge >= 0.3 is 0 Å². The summed E-state index contributed by atoms with van der Waals surface area (Å²) >= 11 is 0. The quantitative estimate of drug-likeness (QED) is 0.774. The Balaban J connectivity index is 1.47. The summed E-state index contributed by atoms with van der Waals surface area (Å²) < 4.78 is 36.5. The first-order valence-corrected chi connectivity index (χ1v) is 11.2. The van der Waals surface area contributed by atoms with Gasteiger partial charge in [-0.1, -0.05) is 6.07 Å². The van der Waals surface area contributed by atoms with Gasteiger partial charge in [0, 0.05) is 18.4 Å². The van der Waals surface area contributed by atoms with E-state index in [-0.39, 0.29) is 29.1 Å². The van der Waals surface area contributed by atoms with Crippen LogP contribution in [0.25, 0.3) is 0 Å². The van der Waals surface area contributed by atoms with Gasteiger partial charge in [-0.3, -0.25) is 4.79 Å². The Hall–Kier alpha value is -2.48. The van der Waals surface area contributed by atoms with Crippen molar-refractivity contribution >= 4 is 27.2 Å². The Kier molecular flexibility index (Phi) is 5.05. The summed E-state index contributed by atoms with van der Waals surface area (Å²) in [5.41, 5.74) is 2.03. The first-order valence-electron chi connectivity index (χ1n) is 9.41. The number of amides is 1. The fourth-order valence-corrected chi connectivity index (χ4v) is 5.40. The van der Waals surface area contributed by atoms with Crippen molar-refractivity contribution in [1.29, 1.82) is 0 Å². The van der Waals surface area contributed by atoms with Crippen LogP contribution in [-0.4, -0.2) is 37.4 Å². The molecule has 1 saturated carbocycles. The molecule has 8 heteroatoms. The third kappa shape index (κ3) is 4.49. The lowest BCUT2D eigenvalue weighted by Crippen LogP contribution is -2.30. The number of benzene rings is 1. The van der Waals surface area contributed by atoms with Crippen LogP contribution in [0.15, 0.2) is 36.5 Å². The molecule has 2 aliphatic rings. The Labute approximate surface area is 163 Å². The highest BCUT2D eigenvalue weighted by molar-refractivity contribution is 7.91. The van der Waals surface area contributed by atoms with Crippen LogP contribution >= 0.6 is 0 Å². The third-order valence-corrected chi connectivity index (χ3v) is 7.01. The van der Waals surface area contributed by atoms with Crippen LogP contribution in [0.3, 0.4) is 0 Å². The van der Waals surface area contributed by atoms with Crippen molar-refractivity contribution in [2.24, 2.45) is 5.92 Å². The number of carbonyl (C=O) groups excluding carboxylic acids is 1. The Morgan fingerprint density at radius 1 is 1.21 bits per heavy atom. The summed E-state index contributed by atoms with van der Waals surface area (Å²) in [7, 11) is -2.96. The van der Waals surface area contributed by atoms with E-state index in [1.165, 1.54) is 18.3 Å². The van der Waals surface area contributed by atoms with E-state index < -0.39 is 9.84 Å². The van der Waals surface area contributed by atoms with Crippen molar-refractivity contribution in [3.05, 3.63) is 53.5 Å². The zero-order valence-corrected chi connectivity index (χ0v) is 16.1. The SMILES string of the molecule is O=C(NCC1CCS(=O)(=O)C1)c1cnc(Nc2cccc(F)c2)cc1C1CC1. The number of carbonyl (C=O) groups is 1. The monoisotopic (exact) mass is 403 g/mol. The van der Waals surface area contributed by atoms with Gasteiger partial charge in [-0.2, -0.15) is 0 Å². The van der Waals surface area contributed by atoms with Crippen LogP contribution < -0.4 is 10.6 Å². The Bertz CT molecular complexity index is 1010. The molecule has 148 valence electrons. The molecule has 4 rings (SSSR count). The minimum absolute atomic E-state index is 0.0276. The highest BCUT2D eigenvalue weighted by Crippen LogP contribution is 2.42. The number of nitrogens with one attached hydrogen (secondary N) is 2. The van der Waals surface area contributed by atoms with Crippen LogP contribution in [0, 0.1) is 11.7 Å². The molecule has 2 N–H and O–H groups in total. The van der Waals surface area contributed by atoms with Gasteiger partial charge in [0.1, 0.15) is 11.6 Å². The van der Waals surface area contributed by atoms with Crippen LogP contribution in [0.1, 0.15) is 41.1 Å². The molecule has 1 aliphatic carbocycles. The van der Waals surface area contributed by atoms with E-state index in [1.54, 1.807) is 12.1 Å². The minimum atomic E-state index is -2.96. The van der Waals surface area contributed by atoms with E-state index in [0.29, 0.717) is 36.0 Å². The van der Waals surface area contributed by atoms with E-state index in [9.17, 15) is 17.6 Å². The maximum atomic E-state index is 13.4. The average Bonchev–Trinajstić information content (AvgIpc) is 3.43. The summed E-state index contributed by atoms with van der Waals surface area (Å²) in [6.07, 6.45) is 4.16. The number of pyridine rings is 1. The van der Waals surface area contributed by atoms with E-state index in [0.717, 1.165) is 18.4 Å². The number of hydrogen-bond donors (Lipinski definition) is 2. The second-order valence-electron chi connectivity index (χ2n) is 7.55. The second-order valence-corrected chi connectivity index (χ2v) is 9.77. The Morgan fingerprint density at radius 3 is 2.71 bits per heavy atom. The highest BCUT2D eigenvalue weighted by Gasteiger charge is 2.31. The van der Waals surface area contributed by atoms with Gasteiger partial charge in [0.05, 0.1) is 17.1 Å². The van der Waals surface area contributed by atoms with E-state index in [4.69, 9.17) is 0 Å². The van der Waals surface area contributed by atoms with E-state index in [2.05, 4.69) is 15.6 Å². The molecule has 1 unspecified atom stereocenters. The fraction of sp³-hybridized carbons (Fsp3) is 0.400. The van der Waals surface area contributed by atoms with Crippen molar-refractivity contribution < 1.29 is 17.6 Å². The topological polar surface area (TPSA) is 88.2 Å². The number of anilines is 2. The second kappa shape index (κ2) is 7.50. The maximum absolute atomic E-state index is 13.4. The van der Waals surface area contributed by atoms with Crippen molar-refractivity contribution in [2.45, 2.75) is 25.2 Å². The number of hydrogen-bond acceptors (Lipinski definition) is 5. The predicted molar refractivity (Wildman–Crippen MR) is 105 cm³/mol. The van der Waals surface area contributed by atoms with Gasteiger partial charge in [0.25, 0.3) is 5.91 Å². The predicted octanol–water partition coefficient (Wildman–Crippen LogP) is 3.01. The fourth-order valence-electron chi connectivity index (χ4n) is 3.54. The molecule has 28 heavy (non-hydrogen) atoms. The molecule has 2 heterocycles. The lowest BCUT2D eigenvalue weighted by Gasteiger charge is -2.14. The van der Waals surface area contributed by atoms with Crippen LogP contribution in [0.2, 0.25) is 0 Å². The summed E-state index contributed by atoms with van der Waals surface area (Å²) in [6.45, 7) is 0.353. The molecule has 0 spiro atoms. The van der Waals surface area contributed by atoms with Crippen LogP contribution in [0.5, 0.6) is 0 Å². The minimum Gasteiger partial charge on any atom is -0.352 e. The molecule has 2 aromatic rings. The molecule has 6 nitrogen and oxygen atoms in total. The van der Waals surface area contributed by atoms with Crippen molar-refractivity contribution in [3.8, 4) is 0 Å². The van der Waals surface area contributed by atoms with Gasteiger partial charge in [-0.25, -0.2) is 17.8 Å². The van der Waals surface area contributed by atoms with Gasteiger partial charge < -0.3 is 10.6 Å². The highest BCUT2D eigenvalue weighted by atomic mass is 32.2. The summed E-state index contributed by atoms with van der Waals surface area (Å²) in [5.74, 6) is 0.628. The zero-order chi connectivity index (χ0) is 19.7. The van der Waals surface area contributed by atoms with E-state index >= 15 is 0 Å². The molecule has 1 aromatic carbocycles. The molecule has 1 amide bonds. The lowest BCUT2D eigenvalue weighted by molar-refractivity contribution is 0.0947.